The highest BCUT2D eigenvalue weighted by Crippen LogP contribution is 2.25. The van der Waals surface area contributed by atoms with Crippen molar-refractivity contribution >= 4 is 23.0 Å². The van der Waals surface area contributed by atoms with Crippen LogP contribution >= 0.6 is 0 Å². The Labute approximate surface area is 125 Å². The summed E-state index contributed by atoms with van der Waals surface area (Å²) in [6.45, 7) is 1.72. The maximum Gasteiger partial charge on any atom is 0.337 e. The molecule has 0 amide bonds. The summed E-state index contributed by atoms with van der Waals surface area (Å²) in [4.78, 5) is 19.5. The predicted octanol–water partition coefficient (Wildman–Crippen LogP) is 1.88. The zero-order valence-corrected chi connectivity index (χ0v) is 11.9. The van der Waals surface area contributed by atoms with E-state index in [1.165, 1.54) is 17.0 Å². The molecule has 3 rings (SSSR count). The van der Waals surface area contributed by atoms with Crippen molar-refractivity contribution in [2.45, 2.75) is 6.92 Å². The van der Waals surface area contributed by atoms with Crippen LogP contribution in [0.4, 0.5) is 11.5 Å². The third-order valence-electron chi connectivity index (χ3n) is 3.27. The third kappa shape index (κ3) is 2.30. The summed E-state index contributed by atoms with van der Waals surface area (Å²) >= 11 is 0. The largest absolute Gasteiger partial charge is 0.481 e. The van der Waals surface area contributed by atoms with Gasteiger partial charge in [0.25, 0.3) is 0 Å². The lowest BCUT2D eigenvalue weighted by Crippen LogP contribution is -2.00. The number of carboxylic acids is 1. The maximum absolute atomic E-state index is 11.2. The van der Waals surface area contributed by atoms with Crippen molar-refractivity contribution in [1.82, 2.24) is 19.6 Å². The lowest BCUT2D eigenvalue weighted by molar-refractivity contribution is 0.0696. The summed E-state index contributed by atoms with van der Waals surface area (Å²) in [7, 11) is 1.54. The second-order valence-corrected chi connectivity index (χ2v) is 4.59. The Hall–Kier alpha value is -3.16. The number of aryl methyl sites for hydroxylation is 1. The van der Waals surface area contributed by atoms with E-state index in [9.17, 15) is 9.90 Å². The number of carboxylic acid groups (broad SMARTS) is 1. The van der Waals surface area contributed by atoms with Crippen LogP contribution in [0.2, 0.25) is 0 Å². The molecule has 3 aromatic heterocycles. The van der Waals surface area contributed by atoms with Gasteiger partial charge in [-0.3, -0.25) is 0 Å². The van der Waals surface area contributed by atoms with Crippen LogP contribution < -0.4 is 10.1 Å². The average Bonchev–Trinajstić information content (AvgIpc) is 2.86. The molecule has 22 heavy (non-hydrogen) atoms. The Morgan fingerprint density at radius 2 is 2.18 bits per heavy atom. The third-order valence-corrected chi connectivity index (χ3v) is 3.27. The minimum atomic E-state index is -1.000. The number of rotatable bonds is 4. The van der Waals surface area contributed by atoms with Crippen LogP contribution in [-0.2, 0) is 0 Å². The Morgan fingerprint density at radius 1 is 1.36 bits per heavy atom. The quantitative estimate of drug-likeness (QED) is 0.758. The van der Waals surface area contributed by atoms with Gasteiger partial charge in [-0.25, -0.2) is 19.3 Å². The normalized spacial score (nSPS) is 10.6. The van der Waals surface area contributed by atoms with E-state index in [0.29, 0.717) is 28.5 Å². The van der Waals surface area contributed by atoms with Crippen molar-refractivity contribution < 1.29 is 14.6 Å². The van der Waals surface area contributed by atoms with Crippen LogP contribution in [0.5, 0.6) is 5.88 Å². The van der Waals surface area contributed by atoms with E-state index in [2.05, 4.69) is 20.4 Å². The Balaban J connectivity index is 2.04. The fraction of sp³-hybridized carbons (Fsp3) is 0.143. The van der Waals surface area contributed by atoms with Gasteiger partial charge in [-0.05, 0) is 18.6 Å². The molecule has 0 saturated heterocycles. The summed E-state index contributed by atoms with van der Waals surface area (Å²) < 4.78 is 6.50. The van der Waals surface area contributed by atoms with Crippen LogP contribution in [0.1, 0.15) is 15.9 Å². The summed E-state index contributed by atoms with van der Waals surface area (Å²) in [6, 6.07) is 3.51. The van der Waals surface area contributed by atoms with Gasteiger partial charge in [0, 0.05) is 12.3 Å². The summed E-state index contributed by atoms with van der Waals surface area (Å²) in [5, 5.41) is 16.3. The first-order valence-electron chi connectivity index (χ1n) is 6.43. The molecule has 112 valence electrons. The van der Waals surface area contributed by atoms with Crippen molar-refractivity contribution in [3.05, 3.63) is 42.0 Å². The minimum Gasteiger partial charge on any atom is -0.481 e. The molecule has 0 aliphatic rings. The summed E-state index contributed by atoms with van der Waals surface area (Å²) in [5.74, 6) is 0.0115. The zero-order chi connectivity index (χ0) is 15.7. The molecule has 0 aliphatic carbocycles. The first kappa shape index (κ1) is 13.8. The number of hydrogen-bond donors (Lipinski definition) is 2. The smallest absolute Gasteiger partial charge is 0.337 e. The molecule has 8 heteroatoms. The maximum atomic E-state index is 11.2. The molecule has 0 bridgehead atoms. The molecule has 0 saturated carbocycles. The highest BCUT2D eigenvalue weighted by molar-refractivity contribution is 5.94. The lowest BCUT2D eigenvalue weighted by atomic mass is 10.2. The highest BCUT2D eigenvalue weighted by Gasteiger charge is 2.17. The molecule has 8 nitrogen and oxygen atoms in total. The molecule has 0 aliphatic heterocycles. The van der Waals surface area contributed by atoms with Crippen LogP contribution in [0.3, 0.4) is 0 Å². The number of fused-ring (bicyclic) bond motifs is 1. The van der Waals surface area contributed by atoms with E-state index in [1.807, 2.05) is 0 Å². The fourth-order valence-corrected chi connectivity index (χ4v) is 2.18. The number of nitrogens with one attached hydrogen (secondary N) is 1. The highest BCUT2D eigenvalue weighted by atomic mass is 16.5. The first-order valence-corrected chi connectivity index (χ1v) is 6.43. The number of carbonyl (C=O) groups is 1. The van der Waals surface area contributed by atoms with Gasteiger partial charge < -0.3 is 15.2 Å². The fourth-order valence-electron chi connectivity index (χ4n) is 2.18. The van der Waals surface area contributed by atoms with Gasteiger partial charge in [0.15, 0.2) is 5.82 Å². The molecular weight excluding hydrogens is 286 g/mol. The van der Waals surface area contributed by atoms with E-state index in [-0.39, 0.29) is 5.56 Å². The second kappa shape index (κ2) is 5.32. The summed E-state index contributed by atoms with van der Waals surface area (Å²) in [6.07, 6.45) is 4.43. The lowest BCUT2D eigenvalue weighted by Gasteiger charge is -2.08. The second-order valence-electron chi connectivity index (χ2n) is 4.59. The van der Waals surface area contributed by atoms with Gasteiger partial charge in [0.05, 0.1) is 24.6 Å². The van der Waals surface area contributed by atoms with Crippen molar-refractivity contribution in [3.8, 4) is 5.88 Å². The molecule has 0 spiro atoms. The van der Waals surface area contributed by atoms with Crippen molar-refractivity contribution in [2.24, 2.45) is 0 Å². The zero-order valence-electron chi connectivity index (χ0n) is 11.9. The van der Waals surface area contributed by atoms with Gasteiger partial charge in [-0.2, -0.15) is 5.10 Å². The number of pyridine rings is 1. The predicted molar refractivity (Wildman–Crippen MR) is 78.8 cm³/mol. The monoisotopic (exact) mass is 299 g/mol. The number of ether oxygens (including phenoxy) is 1. The van der Waals surface area contributed by atoms with E-state index in [4.69, 9.17) is 4.74 Å². The van der Waals surface area contributed by atoms with Gasteiger partial charge in [-0.1, -0.05) is 0 Å². The van der Waals surface area contributed by atoms with E-state index in [1.54, 1.807) is 32.4 Å². The van der Waals surface area contributed by atoms with Crippen molar-refractivity contribution in [2.75, 3.05) is 12.4 Å². The number of nitrogens with zero attached hydrogens (tertiary/aromatic N) is 4. The van der Waals surface area contributed by atoms with E-state index in [0.717, 1.165) is 0 Å². The molecule has 0 aromatic carbocycles. The molecule has 0 atom stereocenters. The van der Waals surface area contributed by atoms with Crippen LogP contribution in [-0.4, -0.2) is 37.8 Å². The SMILES string of the molecule is COc1ccc(Nc2ncnn3cc(C(=O)O)c(C)c23)cn1. The van der Waals surface area contributed by atoms with Crippen LogP contribution in [0.25, 0.3) is 5.52 Å². The van der Waals surface area contributed by atoms with E-state index >= 15 is 0 Å². The topological polar surface area (TPSA) is 102 Å². The number of anilines is 2. The van der Waals surface area contributed by atoms with Crippen molar-refractivity contribution in [3.63, 3.8) is 0 Å². The Morgan fingerprint density at radius 3 is 2.82 bits per heavy atom. The summed E-state index contributed by atoms with van der Waals surface area (Å²) in [5.41, 5.74) is 2.10. The van der Waals surface area contributed by atoms with Gasteiger partial charge in [-0.15, -0.1) is 0 Å². The van der Waals surface area contributed by atoms with Gasteiger partial charge >= 0.3 is 5.97 Å². The van der Waals surface area contributed by atoms with Crippen LogP contribution in [0, 0.1) is 6.92 Å². The van der Waals surface area contributed by atoms with Gasteiger partial charge in [0.2, 0.25) is 5.88 Å². The number of aromatic nitrogens is 4. The molecule has 3 heterocycles. The number of aromatic carboxylic acids is 1. The average molecular weight is 299 g/mol. The number of hydrogen-bond acceptors (Lipinski definition) is 6. The van der Waals surface area contributed by atoms with Gasteiger partial charge in [0.1, 0.15) is 11.8 Å². The molecule has 0 radical (unpaired) electrons. The minimum absolute atomic E-state index is 0.191. The first-order chi connectivity index (χ1) is 10.6. The Kier molecular flexibility index (Phi) is 3.34. The molecule has 0 unspecified atom stereocenters. The molecular formula is C14H13N5O3. The Bertz CT molecular complexity index is 842. The standard InChI is InChI=1S/C14H13N5O3/c1-8-10(14(20)21)6-19-12(8)13(16-7-17-19)18-9-3-4-11(22-2)15-5-9/h3-7H,1-2H3,(H,20,21)(H,16,17,18). The molecule has 0 fully saturated rings. The molecule has 2 N–H and O–H groups in total. The van der Waals surface area contributed by atoms with Crippen LogP contribution in [0.15, 0.2) is 30.9 Å². The molecule has 3 aromatic rings. The van der Waals surface area contributed by atoms with E-state index < -0.39 is 5.97 Å². The van der Waals surface area contributed by atoms with Crippen molar-refractivity contribution in [1.29, 1.82) is 0 Å². The number of methoxy groups -OCH3 is 1.